The maximum absolute atomic E-state index is 12.5. The lowest BCUT2D eigenvalue weighted by Crippen LogP contribution is -2.44. The zero-order chi connectivity index (χ0) is 17.6. The number of H-pyrrole nitrogens is 1. The third-order valence-electron chi connectivity index (χ3n) is 4.66. The molecule has 2 heterocycles. The number of hydrogen-bond donors (Lipinski definition) is 1. The molecule has 1 aliphatic rings. The van der Waals surface area contributed by atoms with Crippen LogP contribution in [0.25, 0.3) is 0 Å². The zero-order valence-electron chi connectivity index (χ0n) is 15.0. The lowest BCUT2D eigenvalue weighted by Gasteiger charge is -2.33. The first-order valence-corrected chi connectivity index (χ1v) is 8.75. The summed E-state index contributed by atoms with van der Waals surface area (Å²) in [7, 11) is 3.81. The van der Waals surface area contributed by atoms with Crippen molar-refractivity contribution in [2.24, 2.45) is 7.05 Å². The Bertz CT molecular complexity index is 686. The van der Waals surface area contributed by atoms with Gasteiger partial charge >= 0.3 is 0 Å². The first kappa shape index (κ1) is 17.6. The summed E-state index contributed by atoms with van der Waals surface area (Å²) in [6.07, 6.45) is 4.20. The van der Waals surface area contributed by atoms with E-state index < -0.39 is 0 Å². The van der Waals surface area contributed by atoms with Crippen LogP contribution in [0, 0.1) is 0 Å². The molecule has 1 atom stereocenters. The average Bonchev–Trinajstić information content (AvgIpc) is 3.01. The molecule has 1 aliphatic heterocycles. The number of morpholine rings is 1. The fraction of sp³-hybridized carbons (Fsp3) is 0.474. The number of ether oxygens (including phenoxy) is 1. The van der Waals surface area contributed by atoms with E-state index in [9.17, 15) is 4.79 Å². The minimum Gasteiger partial charge on any atom is -0.375 e. The van der Waals surface area contributed by atoms with E-state index in [0.717, 1.165) is 25.5 Å². The average molecular weight is 343 g/mol. The number of rotatable bonds is 6. The molecule has 0 spiro atoms. The number of carbonyl (C=O) groups is 1. The van der Waals surface area contributed by atoms with Crippen molar-refractivity contribution in [2.75, 3.05) is 26.7 Å². The van der Waals surface area contributed by atoms with Crippen LogP contribution in [0.15, 0.2) is 42.7 Å². The smallest absolute Gasteiger partial charge is 0.273 e. The molecule has 2 aromatic rings. The molecule has 1 N–H and O–H groups in total. The molecular formula is C19H27N4O2+. The fourth-order valence-electron chi connectivity index (χ4n) is 3.15. The predicted octanol–water partition coefficient (Wildman–Crippen LogP) is 1.09. The minimum atomic E-state index is -0.0372. The molecule has 6 nitrogen and oxygen atoms in total. The van der Waals surface area contributed by atoms with Crippen LogP contribution in [0.2, 0.25) is 0 Å². The SMILES string of the molecule is CN(Cc1[nH]cc[n+]1C)C(=O)C[C@H]1CN(Cc2ccccc2)CCO1. The van der Waals surface area contributed by atoms with Crippen molar-refractivity contribution in [3.05, 3.63) is 54.1 Å². The van der Waals surface area contributed by atoms with Gasteiger partial charge in [-0.1, -0.05) is 30.3 Å². The molecule has 1 aromatic carbocycles. The predicted molar refractivity (Wildman–Crippen MR) is 94.5 cm³/mol. The Morgan fingerprint density at radius 2 is 2.20 bits per heavy atom. The van der Waals surface area contributed by atoms with Crippen LogP contribution in [0.4, 0.5) is 0 Å². The van der Waals surface area contributed by atoms with E-state index in [4.69, 9.17) is 4.74 Å². The number of carbonyl (C=O) groups excluding carboxylic acids is 1. The lowest BCUT2D eigenvalue weighted by atomic mass is 10.1. The Labute approximate surface area is 149 Å². The molecule has 0 aliphatic carbocycles. The van der Waals surface area contributed by atoms with Crippen LogP contribution in [-0.4, -0.2) is 53.5 Å². The van der Waals surface area contributed by atoms with E-state index in [1.54, 1.807) is 4.90 Å². The summed E-state index contributed by atoms with van der Waals surface area (Å²) in [5, 5.41) is 0. The Morgan fingerprint density at radius 1 is 1.40 bits per heavy atom. The number of hydrogen-bond acceptors (Lipinski definition) is 3. The van der Waals surface area contributed by atoms with Gasteiger partial charge in [0.15, 0.2) is 0 Å². The molecule has 3 rings (SSSR count). The Kier molecular flexibility index (Phi) is 5.83. The first-order valence-electron chi connectivity index (χ1n) is 8.75. The quantitative estimate of drug-likeness (QED) is 0.799. The van der Waals surface area contributed by atoms with Crippen molar-refractivity contribution < 1.29 is 14.1 Å². The van der Waals surface area contributed by atoms with Crippen molar-refractivity contribution in [3.63, 3.8) is 0 Å². The van der Waals surface area contributed by atoms with Gasteiger partial charge in [-0.25, -0.2) is 9.55 Å². The van der Waals surface area contributed by atoms with E-state index >= 15 is 0 Å². The van der Waals surface area contributed by atoms with Crippen LogP contribution < -0.4 is 4.57 Å². The summed E-state index contributed by atoms with van der Waals surface area (Å²) in [4.78, 5) is 19.8. The Morgan fingerprint density at radius 3 is 2.92 bits per heavy atom. The monoisotopic (exact) mass is 343 g/mol. The second-order valence-corrected chi connectivity index (χ2v) is 6.69. The van der Waals surface area contributed by atoms with Gasteiger partial charge in [0.2, 0.25) is 5.91 Å². The largest absolute Gasteiger partial charge is 0.375 e. The molecule has 1 saturated heterocycles. The third-order valence-corrected chi connectivity index (χ3v) is 4.66. The second-order valence-electron chi connectivity index (χ2n) is 6.69. The number of imidazole rings is 1. The summed E-state index contributed by atoms with van der Waals surface area (Å²) in [6, 6.07) is 10.4. The van der Waals surface area contributed by atoms with E-state index in [1.165, 1.54) is 5.56 Å². The Balaban J connectivity index is 1.50. The maximum Gasteiger partial charge on any atom is 0.273 e. The first-order chi connectivity index (χ1) is 12.1. The van der Waals surface area contributed by atoms with Crippen molar-refractivity contribution in [2.45, 2.75) is 25.6 Å². The molecule has 6 heteroatoms. The highest BCUT2D eigenvalue weighted by Gasteiger charge is 2.25. The van der Waals surface area contributed by atoms with Gasteiger partial charge in [0.05, 0.1) is 26.2 Å². The number of aryl methyl sites for hydroxylation is 1. The second kappa shape index (κ2) is 8.27. The van der Waals surface area contributed by atoms with Crippen molar-refractivity contribution in [1.82, 2.24) is 14.8 Å². The molecule has 134 valence electrons. The normalized spacial score (nSPS) is 18.2. The third kappa shape index (κ3) is 4.90. The lowest BCUT2D eigenvalue weighted by molar-refractivity contribution is -0.678. The minimum absolute atomic E-state index is 0.0372. The Hall–Kier alpha value is -2.18. The number of benzene rings is 1. The molecule has 1 amide bonds. The van der Waals surface area contributed by atoms with Gasteiger partial charge in [0, 0.05) is 26.7 Å². The highest BCUT2D eigenvalue weighted by molar-refractivity contribution is 5.76. The molecule has 1 fully saturated rings. The van der Waals surface area contributed by atoms with E-state index in [2.05, 4.69) is 34.1 Å². The summed E-state index contributed by atoms with van der Waals surface area (Å²) in [5.41, 5.74) is 1.30. The molecule has 0 radical (unpaired) electrons. The standard InChI is InChI=1S/C19H26N4O2/c1-21-9-8-20-18(21)15-22(2)19(24)12-17-14-23(10-11-25-17)13-16-6-4-3-5-7-16/h3-9,17H,10-15H2,1-2H3/p+1/t17-/m0/s1. The van der Waals surface area contributed by atoms with Crippen LogP contribution in [-0.2, 0) is 29.7 Å². The fourth-order valence-corrected chi connectivity index (χ4v) is 3.15. The molecule has 0 bridgehead atoms. The van der Waals surface area contributed by atoms with E-state index in [0.29, 0.717) is 19.6 Å². The molecular weight excluding hydrogens is 316 g/mol. The van der Waals surface area contributed by atoms with Crippen molar-refractivity contribution in [3.8, 4) is 0 Å². The highest BCUT2D eigenvalue weighted by Crippen LogP contribution is 2.13. The number of aromatic amines is 1. The number of nitrogens with zero attached hydrogens (tertiary/aromatic N) is 3. The highest BCUT2D eigenvalue weighted by atomic mass is 16.5. The molecule has 0 saturated carbocycles. The van der Waals surface area contributed by atoms with Crippen LogP contribution in [0.1, 0.15) is 17.8 Å². The van der Waals surface area contributed by atoms with Crippen molar-refractivity contribution in [1.29, 1.82) is 0 Å². The maximum atomic E-state index is 12.5. The molecule has 0 unspecified atom stereocenters. The van der Waals surface area contributed by atoms with Gasteiger partial charge in [-0.2, -0.15) is 0 Å². The van der Waals surface area contributed by atoms with Crippen LogP contribution in [0.3, 0.4) is 0 Å². The van der Waals surface area contributed by atoms with Gasteiger partial charge in [-0.3, -0.25) is 9.69 Å². The van der Waals surface area contributed by atoms with Gasteiger partial charge in [-0.15, -0.1) is 0 Å². The molecule has 25 heavy (non-hydrogen) atoms. The number of nitrogens with one attached hydrogen (secondary N) is 1. The van der Waals surface area contributed by atoms with Crippen LogP contribution >= 0.6 is 0 Å². The van der Waals surface area contributed by atoms with E-state index in [1.807, 2.05) is 37.1 Å². The number of aromatic nitrogens is 2. The van der Waals surface area contributed by atoms with Gasteiger partial charge in [0.1, 0.15) is 18.9 Å². The zero-order valence-corrected chi connectivity index (χ0v) is 15.0. The topological polar surface area (TPSA) is 52.5 Å². The van der Waals surface area contributed by atoms with E-state index in [-0.39, 0.29) is 12.0 Å². The van der Waals surface area contributed by atoms with Gasteiger partial charge in [0.25, 0.3) is 5.82 Å². The molecule has 1 aromatic heterocycles. The van der Waals surface area contributed by atoms with Gasteiger partial charge < -0.3 is 9.64 Å². The van der Waals surface area contributed by atoms with Gasteiger partial charge in [-0.05, 0) is 5.56 Å². The summed E-state index contributed by atoms with van der Waals surface area (Å²) in [6.45, 7) is 3.87. The van der Waals surface area contributed by atoms with Crippen molar-refractivity contribution >= 4 is 5.91 Å². The summed E-state index contributed by atoms with van der Waals surface area (Å²) >= 11 is 0. The van der Waals surface area contributed by atoms with Crippen LogP contribution in [0.5, 0.6) is 0 Å². The summed E-state index contributed by atoms with van der Waals surface area (Å²) in [5.74, 6) is 1.12. The summed E-state index contributed by atoms with van der Waals surface area (Å²) < 4.78 is 7.81. The number of amides is 1.